The first kappa shape index (κ1) is 17.7. The van der Waals surface area contributed by atoms with Gasteiger partial charge in [-0.3, -0.25) is 0 Å². The zero-order valence-electron chi connectivity index (χ0n) is 14.5. The molecule has 0 saturated carbocycles. The minimum absolute atomic E-state index is 0.380. The first-order chi connectivity index (χ1) is 12.7. The van der Waals surface area contributed by atoms with E-state index in [2.05, 4.69) is 30.3 Å². The van der Waals surface area contributed by atoms with E-state index in [0.717, 1.165) is 28.5 Å². The second-order valence-corrected chi connectivity index (χ2v) is 5.92. The molecular formula is C22H20O4. The zero-order chi connectivity index (χ0) is 18.4. The Hall–Kier alpha value is -3.11. The number of hydrogen-bond acceptors (Lipinski definition) is 3. The number of carboxylic acid groups (broad SMARTS) is 1. The number of carbonyl (C=O) groups is 1. The Morgan fingerprint density at radius 1 is 1.00 bits per heavy atom. The largest absolute Gasteiger partial charge is 0.496 e. The molecule has 26 heavy (non-hydrogen) atoms. The lowest BCUT2D eigenvalue weighted by atomic mass is 10.1. The summed E-state index contributed by atoms with van der Waals surface area (Å²) in [4.78, 5) is 10.7. The van der Waals surface area contributed by atoms with Gasteiger partial charge in [-0.05, 0) is 46.2 Å². The summed E-state index contributed by atoms with van der Waals surface area (Å²) in [5, 5.41) is 11.1. The zero-order valence-corrected chi connectivity index (χ0v) is 14.5. The first-order valence-electron chi connectivity index (χ1n) is 8.29. The van der Waals surface area contributed by atoms with Crippen molar-refractivity contribution in [2.45, 2.75) is 13.2 Å². The lowest BCUT2D eigenvalue weighted by molar-refractivity contribution is -0.131. The molecule has 0 amide bonds. The molecule has 0 aliphatic heterocycles. The highest BCUT2D eigenvalue weighted by Gasteiger charge is 2.05. The molecule has 0 radical (unpaired) electrons. The van der Waals surface area contributed by atoms with Crippen LogP contribution in [-0.4, -0.2) is 18.2 Å². The van der Waals surface area contributed by atoms with E-state index in [0.29, 0.717) is 13.2 Å². The Labute approximate surface area is 152 Å². The SMILES string of the molecule is COc1ccc(C=CC(=O)O)cc1COCc1ccc2ccccc2c1. The van der Waals surface area contributed by atoms with Gasteiger partial charge in [-0.25, -0.2) is 4.79 Å². The molecule has 0 saturated heterocycles. The van der Waals surface area contributed by atoms with E-state index in [-0.39, 0.29) is 0 Å². The number of benzene rings is 3. The van der Waals surface area contributed by atoms with Crippen molar-refractivity contribution in [3.63, 3.8) is 0 Å². The van der Waals surface area contributed by atoms with Crippen molar-refractivity contribution in [3.8, 4) is 5.75 Å². The van der Waals surface area contributed by atoms with Gasteiger partial charge < -0.3 is 14.6 Å². The number of ether oxygens (including phenoxy) is 2. The molecule has 3 rings (SSSR count). The van der Waals surface area contributed by atoms with Crippen LogP contribution in [0.15, 0.2) is 66.7 Å². The van der Waals surface area contributed by atoms with Crippen LogP contribution in [0.5, 0.6) is 5.75 Å². The number of methoxy groups -OCH3 is 1. The van der Waals surface area contributed by atoms with Crippen molar-refractivity contribution in [2.75, 3.05) is 7.11 Å². The summed E-state index contributed by atoms with van der Waals surface area (Å²) < 4.78 is 11.2. The number of fused-ring (bicyclic) bond motifs is 1. The van der Waals surface area contributed by atoms with E-state index in [1.807, 2.05) is 30.3 Å². The van der Waals surface area contributed by atoms with Gasteiger partial charge in [0.15, 0.2) is 0 Å². The van der Waals surface area contributed by atoms with E-state index in [4.69, 9.17) is 14.6 Å². The van der Waals surface area contributed by atoms with Crippen molar-refractivity contribution in [1.82, 2.24) is 0 Å². The molecule has 0 atom stereocenters. The second kappa shape index (κ2) is 8.32. The van der Waals surface area contributed by atoms with E-state index in [1.54, 1.807) is 13.2 Å². The number of rotatable bonds is 7. The molecule has 0 spiro atoms. The van der Waals surface area contributed by atoms with Crippen molar-refractivity contribution in [1.29, 1.82) is 0 Å². The van der Waals surface area contributed by atoms with Crippen LogP contribution in [0.2, 0.25) is 0 Å². The highest BCUT2D eigenvalue weighted by Crippen LogP contribution is 2.22. The molecule has 0 unspecified atom stereocenters. The van der Waals surface area contributed by atoms with Gasteiger partial charge in [0.2, 0.25) is 0 Å². The number of hydrogen-bond donors (Lipinski definition) is 1. The summed E-state index contributed by atoms with van der Waals surface area (Å²) in [5.74, 6) is -0.258. The molecule has 0 aliphatic carbocycles. The van der Waals surface area contributed by atoms with Crippen LogP contribution in [0, 0.1) is 0 Å². The van der Waals surface area contributed by atoms with Gasteiger partial charge in [-0.1, -0.05) is 42.5 Å². The van der Waals surface area contributed by atoms with Gasteiger partial charge in [-0.2, -0.15) is 0 Å². The molecule has 0 aromatic heterocycles. The van der Waals surface area contributed by atoms with Crippen LogP contribution in [0.3, 0.4) is 0 Å². The van der Waals surface area contributed by atoms with Crippen LogP contribution >= 0.6 is 0 Å². The first-order valence-corrected chi connectivity index (χ1v) is 8.29. The fraction of sp³-hybridized carbons (Fsp3) is 0.136. The molecule has 4 nitrogen and oxygen atoms in total. The average molecular weight is 348 g/mol. The third-order valence-electron chi connectivity index (χ3n) is 4.06. The van der Waals surface area contributed by atoms with Crippen molar-refractivity contribution < 1.29 is 19.4 Å². The topological polar surface area (TPSA) is 55.8 Å². The van der Waals surface area contributed by atoms with Crippen LogP contribution in [0.25, 0.3) is 16.8 Å². The average Bonchev–Trinajstić information content (AvgIpc) is 2.66. The third kappa shape index (κ3) is 4.49. The minimum atomic E-state index is -0.977. The lowest BCUT2D eigenvalue weighted by Crippen LogP contribution is -1.98. The highest BCUT2D eigenvalue weighted by atomic mass is 16.5. The van der Waals surface area contributed by atoms with Crippen LogP contribution in [0.4, 0.5) is 0 Å². The highest BCUT2D eigenvalue weighted by molar-refractivity contribution is 5.85. The predicted octanol–water partition coefficient (Wildman–Crippen LogP) is 4.66. The van der Waals surface area contributed by atoms with Crippen LogP contribution < -0.4 is 4.74 Å². The minimum Gasteiger partial charge on any atom is -0.496 e. The number of carboxylic acids is 1. The molecular weight excluding hydrogens is 328 g/mol. The normalized spacial score (nSPS) is 11.1. The predicted molar refractivity (Wildman–Crippen MR) is 102 cm³/mol. The molecule has 3 aromatic rings. The van der Waals surface area contributed by atoms with E-state index in [9.17, 15) is 4.79 Å². The summed E-state index contributed by atoms with van der Waals surface area (Å²) in [6.07, 6.45) is 2.66. The molecule has 0 bridgehead atoms. The maximum atomic E-state index is 10.7. The smallest absolute Gasteiger partial charge is 0.328 e. The van der Waals surface area contributed by atoms with Gasteiger partial charge in [0.05, 0.1) is 20.3 Å². The second-order valence-electron chi connectivity index (χ2n) is 5.92. The Bertz CT molecular complexity index is 944. The van der Waals surface area contributed by atoms with E-state index >= 15 is 0 Å². The van der Waals surface area contributed by atoms with Gasteiger partial charge in [0, 0.05) is 11.6 Å². The standard InChI is InChI=1S/C22H20O4/c1-25-21-10-7-16(8-11-22(23)24)12-20(21)15-26-14-17-6-9-18-4-2-3-5-19(18)13-17/h2-13H,14-15H2,1H3,(H,23,24). The fourth-order valence-corrected chi connectivity index (χ4v) is 2.79. The van der Waals surface area contributed by atoms with Gasteiger partial charge >= 0.3 is 5.97 Å². The molecule has 1 N–H and O–H groups in total. The van der Waals surface area contributed by atoms with Crippen LogP contribution in [-0.2, 0) is 22.7 Å². The maximum absolute atomic E-state index is 10.7. The fourth-order valence-electron chi connectivity index (χ4n) is 2.79. The molecule has 4 heteroatoms. The summed E-state index contributed by atoms with van der Waals surface area (Å²) in [6.45, 7) is 0.869. The monoisotopic (exact) mass is 348 g/mol. The quantitative estimate of drug-likeness (QED) is 0.631. The molecule has 0 fully saturated rings. The Balaban J connectivity index is 1.69. The van der Waals surface area contributed by atoms with Gasteiger partial charge in [0.25, 0.3) is 0 Å². The van der Waals surface area contributed by atoms with Crippen molar-refractivity contribution in [3.05, 3.63) is 83.4 Å². The van der Waals surface area contributed by atoms with Gasteiger partial charge in [0.1, 0.15) is 5.75 Å². The summed E-state index contributed by atoms with van der Waals surface area (Å²) >= 11 is 0. The van der Waals surface area contributed by atoms with Crippen molar-refractivity contribution >= 4 is 22.8 Å². The lowest BCUT2D eigenvalue weighted by Gasteiger charge is -2.11. The van der Waals surface area contributed by atoms with Crippen LogP contribution in [0.1, 0.15) is 16.7 Å². The summed E-state index contributed by atoms with van der Waals surface area (Å²) in [6, 6.07) is 20.0. The molecule has 3 aromatic carbocycles. The summed E-state index contributed by atoms with van der Waals surface area (Å²) in [7, 11) is 1.61. The Morgan fingerprint density at radius 2 is 1.81 bits per heavy atom. The Kier molecular flexibility index (Phi) is 5.66. The maximum Gasteiger partial charge on any atom is 0.328 e. The van der Waals surface area contributed by atoms with Crippen molar-refractivity contribution in [2.24, 2.45) is 0 Å². The number of aliphatic carboxylic acids is 1. The molecule has 132 valence electrons. The summed E-state index contributed by atoms with van der Waals surface area (Å²) in [5.41, 5.74) is 2.77. The molecule has 0 aliphatic rings. The third-order valence-corrected chi connectivity index (χ3v) is 4.06. The van der Waals surface area contributed by atoms with Gasteiger partial charge in [-0.15, -0.1) is 0 Å². The Morgan fingerprint density at radius 3 is 2.58 bits per heavy atom. The van der Waals surface area contributed by atoms with E-state index < -0.39 is 5.97 Å². The van der Waals surface area contributed by atoms with E-state index in [1.165, 1.54) is 10.8 Å². The molecule has 0 heterocycles.